The summed E-state index contributed by atoms with van der Waals surface area (Å²) in [6.45, 7) is 2.33. The van der Waals surface area contributed by atoms with E-state index in [2.05, 4.69) is 12.3 Å². The Balaban J connectivity index is 2.06. The van der Waals surface area contributed by atoms with Crippen LogP contribution in [0.15, 0.2) is 0 Å². The third-order valence-corrected chi connectivity index (χ3v) is 5.89. The van der Waals surface area contributed by atoms with E-state index in [-0.39, 0.29) is 0 Å². The zero-order valence-electron chi connectivity index (χ0n) is 13.4. The Bertz CT molecular complexity index is 266. The molecule has 2 saturated carbocycles. The van der Waals surface area contributed by atoms with Crippen molar-refractivity contribution in [3.8, 4) is 0 Å². The lowest BCUT2D eigenvalue weighted by atomic mass is 9.70. The van der Waals surface area contributed by atoms with E-state index in [0.29, 0.717) is 24.0 Å². The van der Waals surface area contributed by atoms with Crippen molar-refractivity contribution in [3.05, 3.63) is 0 Å². The zero-order chi connectivity index (χ0) is 14.4. The van der Waals surface area contributed by atoms with E-state index in [1.165, 1.54) is 64.2 Å². The fourth-order valence-corrected chi connectivity index (χ4v) is 4.77. The average Bonchev–Trinajstić information content (AvgIpc) is 2.53. The van der Waals surface area contributed by atoms with Crippen molar-refractivity contribution in [2.45, 2.75) is 83.3 Å². The lowest BCUT2D eigenvalue weighted by Gasteiger charge is -2.43. The standard InChI is InChI=1S/C17H34N2O/c1-3-13-9-7-8-12-15(13)16(19-18)17(20-2)14-10-5-4-6-11-14/h13-17,19H,3-12,18H2,1-2H3. The molecular weight excluding hydrogens is 248 g/mol. The van der Waals surface area contributed by atoms with Crippen LogP contribution < -0.4 is 11.3 Å². The number of hydrogen-bond donors (Lipinski definition) is 2. The van der Waals surface area contributed by atoms with Crippen LogP contribution in [0.2, 0.25) is 0 Å². The second-order valence-electron chi connectivity index (χ2n) is 6.91. The van der Waals surface area contributed by atoms with Crippen molar-refractivity contribution < 1.29 is 4.74 Å². The fourth-order valence-electron chi connectivity index (χ4n) is 4.77. The van der Waals surface area contributed by atoms with Gasteiger partial charge in [0.1, 0.15) is 0 Å². The van der Waals surface area contributed by atoms with Gasteiger partial charge in [0.25, 0.3) is 0 Å². The zero-order valence-corrected chi connectivity index (χ0v) is 13.4. The van der Waals surface area contributed by atoms with E-state index >= 15 is 0 Å². The first-order chi connectivity index (χ1) is 9.81. The van der Waals surface area contributed by atoms with Crippen molar-refractivity contribution in [1.29, 1.82) is 0 Å². The summed E-state index contributed by atoms with van der Waals surface area (Å²) >= 11 is 0. The Labute approximate surface area is 125 Å². The van der Waals surface area contributed by atoms with Crippen molar-refractivity contribution in [3.63, 3.8) is 0 Å². The molecule has 20 heavy (non-hydrogen) atoms. The molecule has 0 bridgehead atoms. The number of hydrazine groups is 1. The van der Waals surface area contributed by atoms with Gasteiger partial charge in [0, 0.05) is 7.11 Å². The van der Waals surface area contributed by atoms with Crippen LogP contribution >= 0.6 is 0 Å². The molecule has 2 aliphatic carbocycles. The highest BCUT2D eigenvalue weighted by atomic mass is 16.5. The summed E-state index contributed by atoms with van der Waals surface area (Å²) in [6.07, 6.45) is 13.8. The summed E-state index contributed by atoms with van der Waals surface area (Å²) in [4.78, 5) is 0. The second kappa shape index (κ2) is 8.35. The third-order valence-electron chi connectivity index (χ3n) is 5.89. The minimum absolute atomic E-state index is 0.303. The van der Waals surface area contributed by atoms with Gasteiger partial charge >= 0.3 is 0 Å². The molecule has 2 rings (SSSR count). The first kappa shape index (κ1) is 16.3. The smallest absolute Gasteiger partial charge is 0.0768 e. The van der Waals surface area contributed by atoms with E-state index in [1.54, 1.807) is 0 Å². The second-order valence-corrected chi connectivity index (χ2v) is 6.91. The predicted molar refractivity (Wildman–Crippen MR) is 84.2 cm³/mol. The molecule has 3 nitrogen and oxygen atoms in total. The number of ether oxygens (including phenoxy) is 1. The molecule has 4 unspecified atom stereocenters. The Kier molecular flexibility index (Phi) is 6.79. The number of rotatable bonds is 6. The first-order valence-corrected chi connectivity index (χ1v) is 8.80. The number of methoxy groups -OCH3 is 1. The van der Waals surface area contributed by atoms with Gasteiger partial charge in [-0.3, -0.25) is 11.3 Å². The van der Waals surface area contributed by atoms with E-state index in [1.807, 2.05) is 7.11 Å². The summed E-state index contributed by atoms with van der Waals surface area (Å²) < 4.78 is 5.95. The largest absolute Gasteiger partial charge is 0.379 e. The van der Waals surface area contributed by atoms with Gasteiger partial charge in [0.15, 0.2) is 0 Å². The lowest BCUT2D eigenvalue weighted by Crippen LogP contribution is -2.54. The molecule has 0 spiro atoms. The topological polar surface area (TPSA) is 47.3 Å². The average molecular weight is 282 g/mol. The molecule has 3 N–H and O–H groups in total. The molecule has 0 aromatic heterocycles. The quantitative estimate of drug-likeness (QED) is 0.577. The lowest BCUT2D eigenvalue weighted by molar-refractivity contribution is -0.0235. The van der Waals surface area contributed by atoms with Crippen LogP contribution in [-0.4, -0.2) is 19.3 Å². The molecule has 0 amide bonds. The molecule has 0 aliphatic heterocycles. The monoisotopic (exact) mass is 282 g/mol. The van der Waals surface area contributed by atoms with E-state index in [0.717, 1.165) is 5.92 Å². The Morgan fingerprint density at radius 2 is 1.70 bits per heavy atom. The van der Waals surface area contributed by atoms with Crippen LogP contribution in [0.5, 0.6) is 0 Å². The van der Waals surface area contributed by atoms with E-state index in [9.17, 15) is 0 Å². The molecular formula is C17H34N2O. The summed E-state index contributed by atoms with van der Waals surface area (Å²) in [5.74, 6) is 8.20. The normalized spacial score (nSPS) is 31.9. The van der Waals surface area contributed by atoms with Gasteiger partial charge in [-0.2, -0.15) is 0 Å². The van der Waals surface area contributed by atoms with Gasteiger partial charge in [-0.25, -0.2) is 0 Å². The van der Waals surface area contributed by atoms with Gasteiger partial charge in [-0.15, -0.1) is 0 Å². The Hall–Kier alpha value is -0.120. The molecule has 0 saturated heterocycles. The minimum Gasteiger partial charge on any atom is -0.379 e. The molecule has 0 radical (unpaired) electrons. The highest BCUT2D eigenvalue weighted by Gasteiger charge is 2.38. The van der Waals surface area contributed by atoms with Crippen LogP contribution in [0.3, 0.4) is 0 Å². The maximum Gasteiger partial charge on any atom is 0.0768 e. The Morgan fingerprint density at radius 3 is 2.30 bits per heavy atom. The molecule has 0 aromatic carbocycles. The van der Waals surface area contributed by atoms with E-state index in [4.69, 9.17) is 10.6 Å². The number of hydrogen-bond acceptors (Lipinski definition) is 3. The number of nitrogens with two attached hydrogens (primary N) is 1. The first-order valence-electron chi connectivity index (χ1n) is 8.80. The van der Waals surface area contributed by atoms with Crippen molar-refractivity contribution >= 4 is 0 Å². The maximum atomic E-state index is 5.97. The van der Waals surface area contributed by atoms with Gasteiger partial charge in [0.05, 0.1) is 12.1 Å². The maximum absolute atomic E-state index is 5.97. The van der Waals surface area contributed by atoms with Gasteiger partial charge in [-0.1, -0.05) is 51.9 Å². The van der Waals surface area contributed by atoms with Crippen LogP contribution in [0.1, 0.15) is 71.1 Å². The third kappa shape index (κ3) is 3.75. The molecule has 118 valence electrons. The van der Waals surface area contributed by atoms with Crippen molar-refractivity contribution in [2.75, 3.05) is 7.11 Å². The van der Waals surface area contributed by atoms with Gasteiger partial charge < -0.3 is 4.74 Å². The van der Waals surface area contributed by atoms with Gasteiger partial charge in [0.2, 0.25) is 0 Å². The van der Waals surface area contributed by atoms with Gasteiger partial charge in [-0.05, 0) is 37.0 Å². The summed E-state index contributed by atoms with van der Waals surface area (Å²) in [5.41, 5.74) is 3.16. The van der Waals surface area contributed by atoms with Crippen LogP contribution in [0.25, 0.3) is 0 Å². The van der Waals surface area contributed by atoms with Crippen molar-refractivity contribution in [1.82, 2.24) is 5.43 Å². The molecule has 2 fully saturated rings. The van der Waals surface area contributed by atoms with Crippen LogP contribution in [0.4, 0.5) is 0 Å². The molecule has 0 heterocycles. The van der Waals surface area contributed by atoms with Crippen LogP contribution in [-0.2, 0) is 4.74 Å². The Morgan fingerprint density at radius 1 is 1.05 bits per heavy atom. The van der Waals surface area contributed by atoms with Crippen LogP contribution in [0, 0.1) is 17.8 Å². The van der Waals surface area contributed by atoms with Crippen molar-refractivity contribution in [2.24, 2.45) is 23.6 Å². The number of nitrogens with one attached hydrogen (secondary N) is 1. The predicted octanol–water partition coefficient (Wildman–Crippen LogP) is 3.63. The summed E-state index contributed by atoms with van der Waals surface area (Å²) in [6, 6.07) is 0.341. The minimum atomic E-state index is 0.303. The highest BCUT2D eigenvalue weighted by molar-refractivity contribution is 4.92. The molecule has 3 heteroatoms. The highest BCUT2D eigenvalue weighted by Crippen LogP contribution is 2.39. The summed E-state index contributed by atoms with van der Waals surface area (Å²) in [7, 11) is 1.88. The fraction of sp³-hybridized carbons (Fsp3) is 1.00. The molecule has 4 atom stereocenters. The molecule has 2 aliphatic rings. The summed E-state index contributed by atoms with van der Waals surface area (Å²) in [5, 5.41) is 0. The van der Waals surface area contributed by atoms with E-state index < -0.39 is 0 Å². The molecule has 0 aromatic rings. The SMILES string of the molecule is CCC1CCCCC1C(NN)C(OC)C1CCCCC1.